The molecule has 2 rings (SSSR count). The zero-order valence-corrected chi connectivity index (χ0v) is 10.2. The monoisotopic (exact) mass is 238 g/mol. The highest BCUT2D eigenvalue weighted by Gasteiger charge is 2.30. The Morgan fingerprint density at radius 3 is 3.06 bits per heavy atom. The number of rotatable bonds is 2. The highest BCUT2D eigenvalue weighted by molar-refractivity contribution is 5.91. The van der Waals surface area contributed by atoms with Crippen LogP contribution in [0.2, 0.25) is 0 Å². The number of hydrogen-bond acceptors (Lipinski definition) is 4. The Kier molecular flexibility index (Phi) is 3.47. The van der Waals surface area contributed by atoms with Crippen LogP contribution in [0.25, 0.3) is 0 Å². The number of likely N-dealkylation sites (tertiary alicyclic amines) is 1. The quantitative estimate of drug-likeness (QED) is 0.841. The SMILES string of the molecule is CCC1CN(C(=O)c2cc(C)no2)CCC1O. The van der Waals surface area contributed by atoms with Gasteiger partial charge in [-0.3, -0.25) is 4.79 Å². The van der Waals surface area contributed by atoms with E-state index >= 15 is 0 Å². The summed E-state index contributed by atoms with van der Waals surface area (Å²) in [4.78, 5) is 13.8. The number of hydrogen-bond donors (Lipinski definition) is 1. The van der Waals surface area contributed by atoms with Crippen LogP contribution in [0.3, 0.4) is 0 Å². The summed E-state index contributed by atoms with van der Waals surface area (Å²) in [6.45, 7) is 4.99. The fraction of sp³-hybridized carbons (Fsp3) is 0.667. The predicted molar refractivity (Wildman–Crippen MR) is 61.5 cm³/mol. The van der Waals surface area contributed by atoms with Crippen molar-refractivity contribution in [2.75, 3.05) is 13.1 Å². The van der Waals surface area contributed by atoms with Crippen LogP contribution in [0.1, 0.15) is 36.0 Å². The number of nitrogens with zero attached hydrogens (tertiary/aromatic N) is 2. The molecule has 0 aliphatic carbocycles. The summed E-state index contributed by atoms with van der Waals surface area (Å²) < 4.78 is 4.97. The second kappa shape index (κ2) is 4.87. The molecule has 1 aliphatic rings. The lowest BCUT2D eigenvalue weighted by Gasteiger charge is -2.35. The molecule has 5 heteroatoms. The van der Waals surface area contributed by atoms with Gasteiger partial charge in [0.15, 0.2) is 0 Å². The fourth-order valence-electron chi connectivity index (χ4n) is 2.23. The van der Waals surface area contributed by atoms with Crippen molar-refractivity contribution in [3.63, 3.8) is 0 Å². The van der Waals surface area contributed by atoms with Crippen molar-refractivity contribution in [1.29, 1.82) is 0 Å². The molecule has 2 heterocycles. The summed E-state index contributed by atoms with van der Waals surface area (Å²) in [5.74, 6) is 0.321. The van der Waals surface area contributed by atoms with E-state index in [0.29, 0.717) is 25.2 Å². The molecular weight excluding hydrogens is 220 g/mol. The van der Waals surface area contributed by atoms with E-state index in [9.17, 15) is 9.90 Å². The second-order valence-corrected chi connectivity index (χ2v) is 4.61. The zero-order chi connectivity index (χ0) is 12.4. The highest BCUT2D eigenvalue weighted by atomic mass is 16.5. The lowest BCUT2D eigenvalue weighted by molar-refractivity contribution is 0.0208. The number of carbonyl (C=O) groups excluding carboxylic acids is 1. The van der Waals surface area contributed by atoms with E-state index in [4.69, 9.17) is 4.52 Å². The molecule has 0 saturated carbocycles. The summed E-state index contributed by atoms with van der Waals surface area (Å²) >= 11 is 0. The zero-order valence-electron chi connectivity index (χ0n) is 10.2. The Morgan fingerprint density at radius 1 is 1.71 bits per heavy atom. The van der Waals surface area contributed by atoms with E-state index in [1.54, 1.807) is 17.9 Å². The highest BCUT2D eigenvalue weighted by Crippen LogP contribution is 2.21. The molecule has 0 aromatic carbocycles. The first-order valence-corrected chi connectivity index (χ1v) is 6.02. The van der Waals surface area contributed by atoms with Crippen LogP contribution in [-0.2, 0) is 0 Å². The number of amides is 1. The Labute approximate surface area is 100 Å². The molecule has 1 fully saturated rings. The van der Waals surface area contributed by atoms with Gasteiger partial charge >= 0.3 is 0 Å². The van der Waals surface area contributed by atoms with Gasteiger partial charge in [0.1, 0.15) is 0 Å². The Hall–Kier alpha value is -1.36. The van der Waals surface area contributed by atoms with Crippen LogP contribution in [-0.4, -0.2) is 40.3 Å². The molecule has 1 aromatic heterocycles. The van der Waals surface area contributed by atoms with E-state index in [-0.39, 0.29) is 23.7 Å². The van der Waals surface area contributed by atoms with Gasteiger partial charge in [0.25, 0.3) is 5.91 Å². The molecule has 5 nitrogen and oxygen atoms in total. The van der Waals surface area contributed by atoms with Crippen molar-refractivity contribution in [3.8, 4) is 0 Å². The van der Waals surface area contributed by atoms with Crippen molar-refractivity contribution in [3.05, 3.63) is 17.5 Å². The van der Waals surface area contributed by atoms with Gasteiger partial charge < -0.3 is 14.5 Å². The van der Waals surface area contributed by atoms with Crippen molar-refractivity contribution in [2.45, 2.75) is 32.8 Å². The summed E-state index contributed by atoms with van der Waals surface area (Å²) in [6, 6.07) is 1.65. The largest absolute Gasteiger partial charge is 0.393 e. The molecule has 2 atom stereocenters. The molecular formula is C12H18N2O3. The average Bonchev–Trinajstić information content (AvgIpc) is 2.75. The fourth-order valence-corrected chi connectivity index (χ4v) is 2.23. The van der Waals surface area contributed by atoms with Crippen molar-refractivity contribution in [2.24, 2.45) is 5.92 Å². The minimum Gasteiger partial charge on any atom is -0.393 e. The van der Waals surface area contributed by atoms with Gasteiger partial charge in [-0.2, -0.15) is 0 Å². The Morgan fingerprint density at radius 2 is 2.47 bits per heavy atom. The van der Waals surface area contributed by atoms with Gasteiger partial charge in [-0.25, -0.2) is 0 Å². The first kappa shape index (κ1) is 12.1. The smallest absolute Gasteiger partial charge is 0.292 e. The topological polar surface area (TPSA) is 66.6 Å². The van der Waals surface area contributed by atoms with Crippen LogP contribution >= 0.6 is 0 Å². The van der Waals surface area contributed by atoms with Crippen LogP contribution in [0, 0.1) is 12.8 Å². The van der Waals surface area contributed by atoms with Crippen LogP contribution < -0.4 is 0 Å². The molecule has 0 radical (unpaired) electrons. The van der Waals surface area contributed by atoms with E-state index in [0.717, 1.165) is 6.42 Å². The van der Waals surface area contributed by atoms with Crippen molar-refractivity contribution in [1.82, 2.24) is 10.1 Å². The lowest BCUT2D eigenvalue weighted by Crippen LogP contribution is -2.45. The first-order chi connectivity index (χ1) is 8.11. The molecule has 1 saturated heterocycles. The maximum atomic E-state index is 12.1. The molecule has 0 spiro atoms. The first-order valence-electron chi connectivity index (χ1n) is 6.02. The van der Waals surface area contributed by atoms with Crippen LogP contribution in [0.4, 0.5) is 0 Å². The third-order valence-corrected chi connectivity index (χ3v) is 3.34. The summed E-state index contributed by atoms with van der Waals surface area (Å²) in [7, 11) is 0. The van der Waals surface area contributed by atoms with Gasteiger partial charge in [0.05, 0.1) is 11.8 Å². The van der Waals surface area contributed by atoms with Gasteiger partial charge in [-0.1, -0.05) is 12.1 Å². The lowest BCUT2D eigenvalue weighted by atomic mass is 9.92. The maximum Gasteiger partial charge on any atom is 0.292 e. The number of aromatic nitrogens is 1. The van der Waals surface area contributed by atoms with Gasteiger partial charge in [-0.15, -0.1) is 0 Å². The normalized spacial score (nSPS) is 25.0. The molecule has 2 unspecified atom stereocenters. The number of aliphatic hydroxyl groups is 1. The maximum absolute atomic E-state index is 12.1. The van der Waals surface area contributed by atoms with Gasteiger partial charge in [0, 0.05) is 25.1 Å². The number of piperidine rings is 1. The number of carbonyl (C=O) groups is 1. The molecule has 1 amide bonds. The minimum absolute atomic E-state index is 0.129. The standard InChI is InChI=1S/C12H18N2O3/c1-3-9-7-14(5-4-10(9)15)12(16)11-6-8(2)13-17-11/h6,9-10,15H,3-5,7H2,1-2H3. The van der Waals surface area contributed by atoms with Gasteiger partial charge in [-0.05, 0) is 19.8 Å². The van der Waals surface area contributed by atoms with Gasteiger partial charge in [0.2, 0.25) is 5.76 Å². The van der Waals surface area contributed by atoms with E-state index in [1.807, 2.05) is 6.92 Å². The number of aliphatic hydroxyl groups excluding tert-OH is 1. The summed E-state index contributed by atoms with van der Waals surface area (Å²) in [5.41, 5.74) is 0.706. The molecule has 17 heavy (non-hydrogen) atoms. The van der Waals surface area contributed by atoms with Crippen LogP contribution in [0.5, 0.6) is 0 Å². The molecule has 0 bridgehead atoms. The van der Waals surface area contributed by atoms with Crippen LogP contribution in [0.15, 0.2) is 10.6 Å². The molecule has 1 aliphatic heterocycles. The average molecular weight is 238 g/mol. The van der Waals surface area contributed by atoms with E-state index < -0.39 is 0 Å². The third kappa shape index (κ3) is 2.49. The third-order valence-electron chi connectivity index (χ3n) is 3.34. The molecule has 94 valence electrons. The minimum atomic E-state index is -0.291. The predicted octanol–water partition coefficient (Wildman–Crippen LogP) is 1.22. The van der Waals surface area contributed by atoms with E-state index in [1.165, 1.54) is 0 Å². The summed E-state index contributed by atoms with van der Waals surface area (Å²) in [5, 5.41) is 13.5. The second-order valence-electron chi connectivity index (χ2n) is 4.61. The summed E-state index contributed by atoms with van der Waals surface area (Å²) in [6.07, 6.45) is 1.22. The molecule has 1 aromatic rings. The van der Waals surface area contributed by atoms with E-state index in [2.05, 4.69) is 5.16 Å². The Bertz CT molecular complexity index is 402. The van der Waals surface area contributed by atoms with Crippen molar-refractivity contribution < 1.29 is 14.4 Å². The Balaban J connectivity index is 2.05. The number of aryl methyl sites for hydroxylation is 1. The molecule has 1 N–H and O–H groups in total. The van der Waals surface area contributed by atoms with Crippen molar-refractivity contribution >= 4 is 5.91 Å².